The molecular weight excluding hydrogens is 284 g/mol. The van der Waals surface area contributed by atoms with Crippen molar-refractivity contribution in [2.45, 2.75) is 0 Å². The number of nitrogens with two attached hydrogens (primary N) is 1. The van der Waals surface area contributed by atoms with E-state index in [0.29, 0.717) is 5.56 Å². The SMILES string of the molecule is Nc1cc(Cl)c([N+](=O)[O-])cc1OC(=O)c1ccccc1. The summed E-state index contributed by atoms with van der Waals surface area (Å²) >= 11 is 5.69. The van der Waals surface area contributed by atoms with E-state index in [1.54, 1.807) is 30.3 Å². The molecule has 0 heterocycles. The molecule has 0 saturated carbocycles. The molecule has 0 atom stereocenters. The minimum Gasteiger partial charge on any atom is -0.420 e. The van der Waals surface area contributed by atoms with Crippen LogP contribution in [0.2, 0.25) is 5.02 Å². The second-order valence-electron chi connectivity index (χ2n) is 3.85. The number of halogens is 1. The second-order valence-corrected chi connectivity index (χ2v) is 4.26. The number of hydrogen-bond donors (Lipinski definition) is 1. The molecule has 7 heteroatoms. The molecular formula is C13H9ClN2O4. The third kappa shape index (κ3) is 2.86. The molecule has 0 aliphatic rings. The lowest BCUT2D eigenvalue weighted by atomic mass is 10.2. The number of rotatable bonds is 3. The van der Waals surface area contributed by atoms with Gasteiger partial charge >= 0.3 is 5.97 Å². The topological polar surface area (TPSA) is 95.5 Å². The summed E-state index contributed by atoms with van der Waals surface area (Å²) in [4.78, 5) is 22.0. The average Bonchev–Trinajstić information content (AvgIpc) is 2.42. The van der Waals surface area contributed by atoms with Crippen molar-refractivity contribution in [3.8, 4) is 5.75 Å². The Bertz CT molecular complexity index is 674. The van der Waals surface area contributed by atoms with Gasteiger partial charge in [0.15, 0.2) is 5.75 Å². The molecule has 0 radical (unpaired) electrons. The van der Waals surface area contributed by atoms with Crippen molar-refractivity contribution in [2.75, 3.05) is 5.73 Å². The van der Waals surface area contributed by atoms with Gasteiger partial charge in [0, 0.05) is 0 Å². The molecule has 0 aromatic heterocycles. The molecule has 6 nitrogen and oxygen atoms in total. The van der Waals surface area contributed by atoms with Crippen LogP contribution in [-0.2, 0) is 0 Å². The van der Waals surface area contributed by atoms with Crippen molar-refractivity contribution in [3.63, 3.8) is 0 Å². The fourth-order valence-corrected chi connectivity index (χ4v) is 1.76. The average molecular weight is 293 g/mol. The Kier molecular flexibility index (Phi) is 3.86. The summed E-state index contributed by atoms with van der Waals surface area (Å²) in [5.74, 6) is -0.760. The molecule has 2 N–H and O–H groups in total. The molecule has 20 heavy (non-hydrogen) atoms. The first kappa shape index (κ1) is 13.8. The van der Waals surface area contributed by atoms with Crippen LogP contribution in [0.25, 0.3) is 0 Å². The number of nitrogens with zero attached hydrogens (tertiary/aromatic N) is 1. The van der Waals surface area contributed by atoms with Gasteiger partial charge < -0.3 is 10.5 Å². The highest BCUT2D eigenvalue weighted by atomic mass is 35.5. The lowest BCUT2D eigenvalue weighted by Crippen LogP contribution is -2.10. The Balaban J connectivity index is 2.32. The quantitative estimate of drug-likeness (QED) is 0.308. The molecule has 0 unspecified atom stereocenters. The molecule has 0 fully saturated rings. The molecule has 2 aromatic carbocycles. The molecule has 0 bridgehead atoms. The van der Waals surface area contributed by atoms with Crippen molar-refractivity contribution in [2.24, 2.45) is 0 Å². The first-order chi connectivity index (χ1) is 9.49. The van der Waals surface area contributed by atoms with Crippen LogP contribution in [0.3, 0.4) is 0 Å². The Morgan fingerprint density at radius 3 is 2.50 bits per heavy atom. The summed E-state index contributed by atoms with van der Waals surface area (Å²) in [6, 6.07) is 10.4. The number of esters is 1. The maximum absolute atomic E-state index is 11.9. The van der Waals surface area contributed by atoms with E-state index in [0.717, 1.165) is 6.07 Å². The molecule has 0 spiro atoms. The van der Waals surface area contributed by atoms with Crippen LogP contribution in [0.1, 0.15) is 10.4 Å². The van der Waals surface area contributed by atoms with E-state index < -0.39 is 10.9 Å². The Labute approximate surface area is 118 Å². The maximum atomic E-state index is 11.9. The second kappa shape index (κ2) is 5.58. The van der Waals surface area contributed by atoms with E-state index in [4.69, 9.17) is 22.1 Å². The van der Waals surface area contributed by atoms with Gasteiger partial charge in [0.05, 0.1) is 22.2 Å². The van der Waals surface area contributed by atoms with E-state index in [9.17, 15) is 14.9 Å². The molecule has 0 aliphatic carbocycles. The molecule has 0 saturated heterocycles. The Morgan fingerprint density at radius 1 is 1.25 bits per heavy atom. The van der Waals surface area contributed by atoms with Gasteiger partial charge in [-0.2, -0.15) is 0 Å². The van der Waals surface area contributed by atoms with Crippen LogP contribution in [0, 0.1) is 10.1 Å². The van der Waals surface area contributed by atoms with Crippen molar-refractivity contribution in [1.29, 1.82) is 0 Å². The highest BCUT2D eigenvalue weighted by Crippen LogP contribution is 2.34. The lowest BCUT2D eigenvalue weighted by Gasteiger charge is -2.07. The summed E-state index contributed by atoms with van der Waals surface area (Å²) in [5.41, 5.74) is 5.61. The van der Waals surface area contributed by atoms with Crippen LogP contribution in [0.5, 0.6) is 5.75 Å². The van der Waals surface area contributed by atoms with Crippen LogP contribution in [-0.4, -0.2) is 10.9 Å². The third-order valence-corrected chi connectivity index (χ3v) is 2.79. The standard InChI is InChI=1S/C13H9ClN2O4/c14-9-6-10(15)12(7-11(9)16(18)19)20-13(17)8-4-2-1-3-5-8/h1-7H,15H2. The number of hydrogen-bond acceptors (Lipinski definition) is 5. The summed E-state index contributed by atoms with van der Waals surface area (Å²) in [5, 5.41) is 10.7. The fraction of sp³-hybridized carbons (Fsp3) is 0. The van der Waals surface area contributed by atoms with Gasteiger partial charge in [-0.3, -0.25) is 10.1 Å². The van der Waals surface area contributed by atoms with E-state index in [2.05, 4.69) is 0 Å². The molecule has 102 valence electrons. The van der Waals surface area contributed by atoms with Crippen LogP contribution in [0.15, 0.2) is 42.5 Å². The Morgan fingerprint density at radius 2 is 1.90 bits per heavy atom. The van der Waals surface area contributed by atoms with Crippen molar-refractivity contribution in [3.05, 3.63) is 63.2 Å². The van der Waals surface area contributed by atoms with Gasteiger partial charge in [-0.25, -0.2) is 4.79 Å². The van der Waals surface area contributed by atoms with Gasteiger partial charge in [-0.1, -0.05) is 29.8 Å². The number of anilines is 1. The normalized spacial score (nSPS) is 10.1. The van der Waals surface area contributed by atoms with Crippen LogP contribution in [0.4, 0.5) is 11.4 Å². The molecule has 0 aliphatic heterocycles. The first-order valence-corrected chi connectivity index (χ1v) is 5.87. The van der Waals surface area contributed by atoms with E-state index in [1.165, 1.54) is 6.07 Å². The molecule has 2 aromatic rings. The van der Waals surface area contributed by atoms with Gasteiger partial charge in [-0.15, -0.1) is 0 Å². The predicted molar refractivity (Wildman–Crippen MR) is 73.9 cm³/mol. The number of nitro benzene ring substituents is 1. The lowest BCUT2D eigenvalue weighted by molar-refractivity contribution is -0.384. The van der Waals surface area contributed by atoms with Crippen molar-refractivity contribution >= 4 is 28.9 Å². The summed E-state index contributed by atoms with van der Waals surface area (Å²) in [6.07, 6.45) is 0. The highest BCUT2D eigenvalue weighted by Gasteiger charge is 2.19. The van der Waals surface area contributed by atoms with Crippen LogP contribution >= 0.6 is 11.6 Å². The zero-order chi connectivity index (χ0) is 14.7. The third-order valence-electron chi connectivity index (χ3n) is 2.49. The number of ether oxygens (including phenoxy) is 1. The summed E-state index contributed by atoms with van der Waals surface area (Å²) < 4.78 is 5.05. The van der Waals surface area contributed by atoms with Crippen molar-refractivity contribution in [1.82, 2.24) is 0 Å². The maximum Gasteiger partial charge on any atom is 0.343 e. The smallest absolute Gasteiger partial charge is 0.343 e. The van der Waals surface area contributed by atoms with E-state index >= 15 is 0 Å². The summed E-state index contributed by atoms with van der Waals surface area (Å²) in [7, 11) is 0. The van der Waals surface area contributed by atoms with Gasteiger partial charge in [0.1, 0.15) is 5.02 Å². The zero-order valence-electron chi connectivity index (χ0n) is 10.1. The minimum atomic E-state index is -0.679. The van der Waals surface area contributed by atoms with E-state index in [1.807, 2.05) is 0 Å². The number of carbonyl (C=O) groups is 1. The van der Waals surface area contributed by atoms with Gasteiger partial charge in [-0.05, 0) is 18.2 Å². The first-order valence-electron chi connectivity index (χ1n) is 5.49. The van der Waals surface area contributed by atoms with E-state index in [-0.39, 0.29) is 22.1 Å². The van der Waals surface area contributed by atoms with Gasteiger partial charge in [0.2, 0.25) is 0 Å². The monoisotopic (exact) mass is 292 g/mol. The molecule has 2 rings (SSSR count). The Hall–Kier alpha value is -2.60. The number of nitro groups is 1. The summed E-state index contributed by atoms with van der Waals surface area (Å²) in [6.45, 7) is 0. The van der Waals surface area contributed by atoms with Crippen molar-refractivity contribution < 1.29 is 14.5 Å². The van der Waals surface area contributed by atoms with Gasteiger partial charge in [0.25, 0.3) is 5.69 Å². The molecule has 0 amide bonds. The largest absolute Gasteiger partial charge is 0.420 e. The van der Waals surface area contributed by atoms with Crippen LogP contribution < -0.4 is 10.5 Å². The number of benzene rings is 2. The minimum absolute atomic E-state index is 0.0462. The zero-order valence-corrected chi connectivity index (χ0v) is 10.8. The number of carbonyl (C=O) groups excluding carboxylic acids is 1. The number of nitrogen functional groups attached to an aromatic ring is 1. The fourth-order valence-electron chi connectivity index (χ4n) is 1.52. The highest BCUT2D eigenvalue weighted by molar-refractivity contribution is 6.33. The predicted octanol–water partition coefficient (Wildman–Crippen LogP) is 3.05.